The van der Waals surface area contributed by atoms with Gasteiger partial charge in [-0.25, -0.2) is 13.1 Å². The predicted octanol–water partition coefficient (Wildman–Crippen LogP) is 1.66. The highest BCUT2D eigenvalue weighted by Crippen LogP contribution is 2.30. The van der Waals surface area contributed by atoms with E-state index in [0.717, 1.165) is 24.8 Å². The summed E-state index contributed by atoms with van der Waals surface area (Å²) in [5.74, 6) is 0. The Balaban J connectivity index is 2.24. The van der Waals surface area contributed by atoms with Crippen molar-refractivity contribution in [3.63, 3.8) is 0 Å². The zero-order valence-corrected chi connectivity index (χ0v) is 12.4. The van der Waals surface area contributed by atoms with E-state index in [1.807, 2.05) is 24.3 Å². The molecular formula is C13H18N2O2S2. The maximum absolute atomic E-state index is 12.2. The SMILES string of the molecule is CC(C(N)=S)S(=O)(=O)NC1CCCc2ccccc21. The van der Waals surface area contributed by atoms with Crippen LogP contribution in [0.3, 0.4) is 0 Å². The fraction of sp³-hybridized carbons (Fsp3) is 0.462. The lowest BCUT2D eigenvalue weighted by Gasteiger charge is -2.27. The van der Waals surface area contributed by atoms with Gasteiger partial charge in [0, 0.05) is 6.04 Å². The lowest BCUT2D eigenvalue weighted by Crippen LogP contribution is -2.42. The van der Waals surface area contributed by atoms with Crippen LogP contribution in [0, 0.1) is 0 Å². The number of nitrogens with two attached hydrogens (primary N) is 1. The molecule has 2 rings (SSSR count). The minimum absolute atomic E-state index is 0.00315. The molecule has 104 valence electrons. The summed E-state index contributed by atoms with van der Waals surface area (Å²) in [5, 5.41) is -0.850. The number of hydrogen-bond donors (Lipinski definition) is 2. The summed E-state index contributed by atoms with van der Waals surface area (Å²) in [4.78, 5) is -0.00315. The lowest BCUT2D eigenvalue weighted by molar-refractivity contribution is 0.506. The van der Waals surface area contributed by atoms with Crippen molar-refractivity contribution in [3.05, 3.63) is 35.4 Å². The molecule has 1 aliphatic carbocycles. The first kappa shape index (κ1) is 14.4. The second kappa shape index (κ2) is 5.56. The Bertz CT molecular complexity index is 584. The van der Waals surface area contributed by atoms with Crippen LogP contribution in [0.1, 0.15) is 36.9 Å². The van der Waals surface area contributed by atoms with Gasteiger partial charge < -0.3 is 5.73 Å². The molecule has 0 heterocycles. The monoisotopic (exact) mass is 298 g/mol. The van der Waals surface area contributed by atoms with Crippen LogP contribution in [0.2, 0.25) is 0 Å². The molecule has 0 radical (unpaired) electrons. The molecule has 0 aliphatic heterocycles. The van der Waals surface area contributed by atoms with Crippen molar-refractivity contribution < 1.29 is 8.42 Å². The number of nitrogens with one attached hydrogen (secondary N) is 1. The van der Waals surface area contributed by atoms with Crippen molar-refractivity contribution >= 4 is 27.2 Å². The molecule has 1 aromatic rings. The molecule has 6 heteroatoms. The van der Waals surface area contributed by atoms with E-state index < -0.39 is 15.3 Å². The number of fused-ring (bicyclic) bond motifs is 1. The summed E-state index contributed by atoms with van der Waals surface area (Å²) in [6.45, 7) is 1.51. The highest BCUT2D eigenvalue weighted by Gasteiger charge is 2.29. The number of benzene rings is 1. The summed E-state index contributed by atoms with van der Waals surface area (Å²) in [7, 11) is -3.52. The Morgan fingerprint density at radius 1 is 1.47 bits per heavy atom. The van der Waals surface area contributed by atoms with Crippen LogP contribution < -0.4 is 10.5 Å². The molecule has 2 atom stereocenters. The Morgan fingerprint density at radius 3 is 2.84 bits per heavy atom. The molecule has 0 fully saturated rings. The van der Waals surface area contributed by atoms with Crippen LogP contribution in [0.5, 0.6) is 0 Å². The number of thiocarbonyl (C=S) groups is 1. The summed E-state index contributed by atoms with van der Waals surface area (Å²) in [6.07, 6.45) is 2.78. The minimum atomic E-state index is -3.52. The minimum Gasteiger partial charge on any atom is -0.392 e. The standard InChI is InChI=1S/C13H18N2O2S2/c1-9(13(14)18)19(16,17)15-12-8-4-6-10-5-2-3-7-11(10)12/h2-3,5,7,9,12,15H,4,6,8H2,1H3,(H2,14,18). The van der Waals surface area contributed by atoms with Crippen LogP contribution in [-0.4, -0.2) is 18.7 Å². The van der Waals surface area contributed by atoms with Crippen molar-refractivity contribution in [3.8, 4) is 0 Å². The zero-order valence-electron chi connectivity index (χ0n) is 10.8. The number of hydrogen-bond acceptors (Lipinski definition) is 3. The molecule has 0 bridgehead atoms. The third-order valence-electron chi connectivity index (χ3n) is 3.54. The summed E-state index contributed by atoms with van der Waals surface area (Å²) in [6, 6.07) is 7.77. The molecule has 4 nitrogen and oxygen atoms in total. The summed E-state index contributed by atoms with van der Waals surface area (Å²) in [5.41, 5.74) is 7.71. The van der Waals surface area contributed by atoms with Gasteiger partial charge in [-0.05, 0) is 37.3 Å². The van der Waals surface area contributed by atoms with Crippen molar-refractivity contribution in [2.24, 2.45) is 5.73 Å². The van der Waals surface area contributed by atoms with Gasteiger partial charge in [0.05, 0.1) is 4.99 Å². The smallest absolute Gasteiger partial charge is 0.221 e. The van der Waals surface area contributed by atoms with Gasteiger partial charge in [-0.2, -0.15) is 0 Å². The number of aryl methyl sites for hydroxylation is 1. The van der Waals surface area contributed by atoms with Crippen molar-refractivity contribution in [1.29, 1.82) is 0 Å². The van der Waals surface area contributed by atoms with Crippen LogP contribution in [0.25, 0.3) is 0 Å². The van der Waals surface area contributed by atoms with E-state index >= 15 is 0 Å². The van der Waals surface area contributed by atoms with Gasteiger partial charge >= 0.3 is 0 Å². The van der Waals surface area contributed by atoms with Gasteiger partial charge in [0.15, 0.2) is 0 Å². The fourth-order valence-electron chi connectivity index (χ4n) is 2.33. The summed E-state index contributed by atoms with van der Waals surface area (Å²) >= 11 is 4.77. The highest BCUT2D eigenvalue weighted by molar-refractivity contribution is 7.93. The van der Waals surface area contributed by atoms with Crippen LogP contribution >= 0.6 is 12.2 Å². The van der Waals surface area contributed by atoms with Crippen LogP contribution in [0.15, 0.2) is 24.3 Å². The summed E-state index contributed by atoms with van der Waals surface area (Å²) < 4.78 is 27.1. The van der Waals surface area contributed by atoms with Gasteiger partial charge in [-0.3, -0.25) is 0 Å². The van der Waals surface area contributed by atoms with Gasteiger partial charge in [0.2, 0.25) is 10.0 Å². The van der Waals surface area contributed by atoms with E-state index in [1.54, 1.807) is 0 Å². The third-order valence-corrected chi connectivity index (χ3v) is 5.84. The number of rotatable bonds is 4. The molecule has 0 amide bonds. The molecule has 19 heavy (non-hydrogen) atoms. The molecule has 0 spiro atoms. The molecule has 2 unspecified atom stereocenters. The second-order valence-electron chi connectivity index (χ2n) is 4.85. The first-order chi connectivity index (χ1) is 8.92. The second-order valence-corrected chi connectivity index (χ2v) is 7.36. The largest absolute Gasteiger partial charge is 0.392 e. The van der Waals surface area contributed by atoms with Gasteiger partial charge in [0.1, 0.15) is 5.25 Å². The number of sulfonamides is 1. The zero-order chi connectivity index (χ0) is 14.0. The first-order valence-electron chi connectivity index (χ1n) is 6.30. The van der Waals surface area contributed by atoms with Gasteiger partial charge in [-0.15, -0.1) is 0 Å². The predicted molar refractivity (Wildman–Crippen MR) is 80.4 cm³/mol. The topological polar surface area (TPSA) is 72.2 Å². The Labute approximate surface area is 119 Å². The van der Waals surface area contributed by atoms with Crippen LogP contribution in [-0.2, 0) is 16.4 Å². The van der Waals surface area contributed by atoms with E-state index in [2.05, 4.69) is 4.72 Å². The average Bonchev–Trinajstić information content (AvgIpc) is 2.38. The highest BCUT2D eigenvalue weighted by atomic mass is 32.2. The molecule has 0 saturated carbocycles. The Morgan fingerprint density at radius 2 is 2.16 bits per heavy atom. The van der Waals surface area contributed by atoms with E-state index in [1.165, 1.54) is 12.5 Å². The normalized spacial score (nSPS) is 20.6. The Hall–Kier alpha value is -0.980. The lowest BCUT2D eigenvalue weighted by atomic mass is 9.88. The maximum Gasteiger partial charge on any atom is 0.221 e. The molecule has 1 aromatic carbocycles. The molecular weight excluding hydrogens is 280 g/mol. The van der Waals surface area contributed by atoms with E-state index in [4.69, 9.17) is 18.0 Å². The van der Waals surface area contributed by atoms with E-state index in [0.29, 0.717) is 0 Å². The first-order valence-corrected chi connectivity index (χ1v) is 8.25. The average molecular weight is 298 g/mol. The molecule has 1 aliphatic rings. The maximum atomic E-state index is 12.2. The van der Waals surface area contributed by atoms with Crippen molar-refractivity contribution in [2.75, 3.05) is 0 Å². The van der Waals surface area contributed by atoms with Crippen molar-refractivity contribution in [2.45, 2.75) is 37.5 Å². The third kappa shape index (κ3) is 3.13. The molecule has 0 saturated heterocycles. The van der Waals surface area contributed by atoms with Crippen molar-refractivity contribution in [1.82, 2.24) is 4.72 Å². The van der Waals surface area contributed by atoms with Gasteiger partial charge in [0.25, 0.3) is 0 Å². The molecule has 3 N–H and O–H groups in total. The Kier molecular flexibility index (Phi) is 4.23. The van der Waals surface area contributed by atoms with Crippen LogP contribution in [0.4, 0.5) is 0 Å². The van der Waals surface area contributed by atoms with Gasteiger partial charge in [-0.1, -0.05) is 36.5 Å². The fourth-order valence-corrected chi connectivity index (χ4v) is 3.86. The molecule has 0 aromatic heterocycles. The quantitative estimate of drug-likeness (QED) is 0.829. The van der Waals surface area contributed by atoms with E-state index in [-0.39, 0.29) is 11.0 Å². The van der Waals surface area contributed by atoms with E-state index in [9.17, 15) is 8.42 Å².